The molecule has 132 valence electrons. The first kappa shape index (κ1) is 20.1. The number of carboxylic acid groups (broad SMARTS) is 2. The number of aliphatic carboxylic acids is 2. The number of nitrogens with one attached hydrogen (secondary N) is 1. The van der Waals surface area contributed by atoms with Crippen LogP contribution in [0.15, 0.2) is 48.8 Å². The number of pyridine rings is 2. The van der Waals surface area contributed by atoms with E-state index in [1.165, 1.54) is 0 Å². The highest BCUT2D eigenvalue weighted by atomic mass is 32.1. The zero-order chi connectivity index (χ0) is 18.8. The first-order valence-corrected chi connectivity index (χ1v) is 7.19. The van der Waals surface area contributed by atoms with Gasteiger partial charge in [0, 0.05) is 12.4 Å². The molecule has 0 saturated carbocycles. The maximum absolute atomic E-state index is 9.77. The number of aliphatic hydroxyl groups is 2. The van der Waals surface area contributed by atoms with Gasteiger partial charge in [-0.25, -0.2) is 14.6 Å². The molecule has 2 unspecified atom stereocenters. The van der Waals surface area contributed by atoms with Gasteiger partial charge in [-0.2, -0.15) is 0 Å². The number of nitrogens with zero attached hydrogens (tertiary/aromatic N) is 2. The molecular weight excluding hydrogens is 350 g/mol. The number of carboxylic acids is 2. The van der Waals surface area contributed by atoms with Crippen molar-refractivity contribution >= 4 is 35.0 Å². The number of thiocarbonyl (C=S) groups is 1. The molecule has 0 aliphatic heterocycles. The summed E-state index contributed by atoms with van der Waals surface area (Å²) < 4.78 is 0. The van der Waals surface area contributed by atoms with Crippen LogP contribution in [0.4, 0.5) is 5.82 Å². The number of aromatic nitrogens is 2. The van der Waals surface area contributed by atoms with Gasteiger partial charge >= 0.3 is 11.9 Å². The molecule has 10 heteroatoms. The van der Waals surface area contributed by atoms with Gasteiger partial charge in [-0.15, -0.1) is 0 Å². The first-order valence-electron chi connectivity index (χ1n) is 6.78. The Labute approximate surface area is 147 Å². The highest BCUT2D eigenvalue weighted by molar-refractivity contribution is 7.81. The minimum Gasteiger partial charge on any atom is -0.479 e. The lowest BCUT2D eigenvalue weighted by molar-refractivity contribution is -0.165. The monoisotopic (exact) mass is 365 g/mol. The minimum absolute atomic E-state index is 0.578. The van der Waals surface area contributed by atoms with E-state index < -0.39 is 24.1 Å². The van der Waals surface area contributed by atoms with Crippen molar-refractivity contribution in [3.05, 3.63) is 54.5 Å². The molecule has 2 rings (SSSR count). The Morgan fingerprint density at radius 2 is 1.44 bits per heavy atom. The topological polar surface area (TPSA) is 153 Å². The summed E-state index contributed by atoms with van der Waals surface area (Å²) in [5.41, 5.74) is 0.748. The molecule has 0 aliphatic carbocycles. The van der Waals surface area contributed by atoms with Crippen molar-refractivity contribution in [1.29, 1.82) is 0 Å². The average Bonchev–Trinajstić information content (AvgIpc) is 2.62. The lowest BCUT2D eigenvalue weighted by Crippen LogP contribution is -2.39. The van der Waals surface area contributed by atoms with E-state index in [9.17, 15) is 9.59 Å². The quantitative estimate of drug-likeness (QED) is 0.462. The van der Waals surface area contributed by atoms with E-state index in [4.69, 9.17) is 32.6 Å². The predicted octanol–water partition coefficient (Wildman–Crippen LogP) is 0.142. The van der Waals surface area contributed by atoms with Crippen LogP contribution >= 0.6 is 12.2 Å². The Morgan fingerprint density at radius 3 is 1.84 bits per heavy atom. The number of aliphatic hydroxyl groups excluding tert-OH is 2. The first-order chi connectivity index (χ1) is 11.8. The van der Waals surface area contributed by atoms with Gasteiger partial charge in [0.2, 0.25) is 0 Å². The van der Waals surface area contributed by atoms with Crippen molar-refractivity contribution in [3.63, 3.8) is 0 Å². The van der Waals surface area contributed by atoms with Crippen molar-refractivity contribution in [2.24, 2.45) is 0 Å². The smallest absolute Gasteiger partial charge is 0.335 e. The Kier molecular flexibility index (Phi) is 8.06. The number of carbonyl (C=O) groups is 2. The molecule has 2 atom stereocenters. The number of hydrogen-bond acceptors (Lipinski definition) is 7. The molecule has 25 heavy (non-hydrogen) atoms. The van der Waals surface area contributed by atoms with Gasteiger partial charge in [0.05, 0.1) is 5.69 Å². The maximum atomic E-state index is 9.77. The molecule has 0 fully saturated rings. The molecule has 0 saturated heterocycles. The standard InChI is InChI=1S/C11H9N3S.C4H6O6/c15-11(9-5-1-3-7-12-9)14-10-6-2-4-8-13-10;5-1(3(7)8)2(6)4(9)10/h1-8H,(H,13,14,15);1-2,5-6H,(H,7,8)(H,9,10). The molecule has 0 aliphatic rings. The molecule has 0 spiro atoms. The molecule has 0 amide bonds. The van der Waals surface area contributed by atoms with Gasteiger partial charge in [0.1, 0.15) is 10.8 Å². The van der Waals surface area contributed by atoms with Crippen molar-refractivity contribution in [3.8, 4) is 0 Å². The number of rotatable bonds is 5. The molecule has 2 heterocycles. The molecule has 0 bridgehead atoms. The van der Waals surface area contributed by atoms with E-state index in [2.05, 4.69) is 15.3 Å². The molecular formula is C15H15N3O6S. The van der Waals surface area contributed by atoms with Crippen LogP contribution in [-0.2, 0) is 9.59 Å². The predicted molar refractivity (Wildman–Crippen MR) is 91.1 cm³/mol. The van der Waals surface area contributed by atoms with Crippen LogP contribution in [0.1, 0.15) is 5.69 Å². The fourth-order valence-electron chi connectivity index (χ4n) is 1.38. The third kappa shape index (κ3) is 6.99. The molecule has 0 radical (unpaired) electrons. The van der Waals surface area contributed by atoms with Gasteiger partial charge in [-0.1, -0.05) is 24.4 Å². The summed E-state index contributed by atoms with van der Waals surface area (Å²) in [6.07, 6.45) is -1.11. The normalized spacial score (nSPS) is 12.1. The zero-order valence-corrected chi connectivity index (χ0v) is 13.5. The van der Waals surface area contributed by atoms with Crippen molar-refractivity contribution in [1.82, 2.24) is 9.97 Å². The van der Waals surface area contributed by atoms with Gasteiger partial charge in [-0.05, 0) is 24.3 Å². The fourth-order valence-corrected chi connectivity index (χ4v) is 1.61. The fraction of sp³-hybridized carbons (Fsp3) is 0.133. The zero-order valence-electron chi connectivity index (χ0n) is 12.7. The van der Waals surface area contributed by atoms with Gasteiger partial charge < -0.3 is 25.7 Å². The van der Waals surface area contributed by atoms with Gasteiger partial charge in [0.15, 0.2) is 12.2 Å². The summed E-state index contributed by atoms with van der Waals surface area (Å²) in [5, 5.41) is 35.5. The van der Waals surface area contributed by atoms with Crippen LogP contribution in [0.5, 0.6) is 0 Å². The second-order valence-corrected chi connectivity index (χ2v) is 4.86. The Bertz CT molecular complexity index is 696. The second-order valence-electron chi connectivity index (χ2n) is 4.45. The molecule has 9 nitrogen and oxygen atoms in total. The Balaban J connectivity index is 0.000000275. The summed E-state index contributed by atoms with van der Waals surface area (Å²) in [6, 6.07) is 11.2. The van der Waals surface area contributed by atoms with Crippen LogP contribution in [-0.4, -0.2) is 59.5 Å². The van der Waals surface area contributed by atoms with Crippen LogP contribution in [0.2, 0.25) is 0 Å². The second kappa shape index (κ2) is 10.0. The summed E-state index contributed by atoms with van der Waals surface area (Å²) in [4.78, 5) is 28.4. The van der Waals surface area contributed by atoms with E-state index >= 15 is 0 Å². The molecule has 0 aromatic carbocycles. The van der Waals surface area contributed by atoms with Crippen LogP contribution < -0.4 is 5.32 Å². The third-order valence-corrected chi connectivity index (χ3v) is 2.92. The SMILES string of the molecule is O=C(O)C(O)C(O)C(=O)O.S=C(Nc1ccccn1)c1ccccn1. The Morgan fingerprint density at radius 1 is 0.920 bits per heavy atom. The lowest BCUT2D eigenvalue weighted by Gasteiger charge is -2.07. The van der Waals surface area contributed by atoms with E-state index in [1.807, 2.05) is 36.4 Å². The largest absolute Gasteiger partial charge is 0.479 e. The third-order valence-electron chi connectivity index (χ3n) is 2.61. The van der Waals surface area contributed by atoms with E-state index in [1.54, 1.807) is 12.4 Å². The van der Waals surface area contributed by atoms with Crippen LogP contribution in [0.25, 0.3) is 0 Å². The summed E-state index contributed by atoms with van der Waals surface area (Å²) in [6.45, 7) is 0. The number of hydrogen-bond donors (Lipinski definition) is 5. The highest BCUT2D eigenvalue weighted by Gasteiger charge is 2.29. The highest BCUT2D eigenvalue weighted by Crippen LogP contribution is 2.04. The van der Waals surface area contributed by atoms with E-state index in [-0.39, 0.29) is 0 Å². The maximum Gasteiger partial charge on any atom is 0.335 e. The van der Waals surface area contributed by atoms with Gasteiger partial charge in [0.25, 0.3) is 0 Å². The van der Waals surface area contributed by atoms with Crippen molar-refractivity contribution < 1.29 is 30.0 Å². The summed E-state index contributed by atoms with van der Waals surface area (Å²) >= 11 is 5.19. The van der Waals surface area contributed by atoms with Crippen LogP contribution in [0, 0.1) is 0 Å². The van der Waals surface area contributed by atoms with Crippen molar-refractivity contribution in [2.75, 3.05) is 5.32 Å². The lowest BCUT2D eigenvalue weighted by atomic mass is 10.2. The van der Waals surface area contributed by atoms with Crippen molar-refractivity contribution in [2.45, 2.75) is 12.2 Å². The summed E-state index contributed by atoms with van der Waals surface area (Å²) in [7, 11) is 0. The Hall–Kier alpha value is -2.95. The number of anilines is 1. The minimum atomic E-state index is -2.27. The van der Waals surface area contributed by atoms with E-state index in [0.717, 1.165) is 11.5 Å². The molecule has 2 aromatic rings. The van der Waals surface area contributed by atoms with E-state index in [0.29, 0.717) is 4.99 Å². The van der Waals surface area contributed by atoms with Gasteiger partial charge in [-0.3, -0.25) is 4.98 Å². The molecule has 2 aromatic heterocycles. The average molecular weight is 365 g/mol. The summed E-state index contributed by atoms with van der Waals surface area (Å²) in [5.74, 6) is -2.81. The van der Waals surface area contributed by atoms with Crippen LogP contribution in [0.3, 0.4) is 0 Å². The molecule has 5 N–H and O–H groups in total.